The zero-order chi connectivity index (χ0) is 16.8. The van der Waals surface area contributed by atoms with Crippen molar-refractivity contribution in [2.24, 2.45) is 5.92 Å². The van der Waals surface area contributed by atoms with Crippen molar-refractivity contribution in [3.8, 4) is 0 Å². The molecule has 0 aromatic carbocycles. The number of alkyl halides is 3. The van der Waals surface area contributed by atoms with Crippen LogP contribution in [-0.2, 0) is 9.59 Å². The molecule has 8 heteroatoms. The lowest BCUT2D eigenvalue weighted by Crippen LogP contribution is -2.62. The molecule has 21 heavy (non-hydrogen) atoms. The minimum Gasteiger partial charge on any atom is -0.480 e. The van der Waals surface area contributed by atoms with Gasteiger partial charge in [-0.05, 0) is 32.6 Å². The highest BCUT2D eigenvalue weighted by atomic mass is 19.4. The molecule has 0 radical (unpaired) electrons. The normalized spacial score (nSPS) is 16.4. The van der Waals surface area contributed by atoms with E-state index in [-0.39, 0.29) is 6.04 Å². The predicted molar refractivity (Wildman–Crippen MR) is 71.8 cm³/mol. The molecule has 0 aliphatic carbocycles. The lowest BCUT2D eigenvalue weighted by molar-refractivity contribution is -0.205. The first-order valence-electron chi connectivity index (χ1n) is 6.74. The van der Waals surface area contributed by atoms with E-state index in [1.54, 1.807) is 12.2 Å². The van der Waals surface area contributed by atoms with Crippen molar-refractivity contribution in [3.63, 3.8) is 0 Å². The molecule has 0 saturated carbocycles. The molecule has 2 atom stereocenters. The van der Waals surface area contributed by atoms with Crippen LogP contribution in [-0.4, -0.2) is 41.3 Å². The van der Waals surface area contributed by atoms with Crippen LogP contribution in [0, 0.1) is 5.92 Å². The van der Waals surface area contributed by atoms with Gasteiger partial charge in [-0.1, -0.05) is 13.8 Å². The number of halogens is 3. The summed E-state index contributed by atoms with van der Waals surface area (Å²) in [4.78, 5) is 22.3. The molecule has 5 nitrogen and oxygen atoms in total. The van der Waals surface area contributed by atoms with Crippen molar-refractivity contribution in [3.05, 3.63) is 0 Å². The summed E-state index contributed by atoms with van der Waals surface area (Å²) in [7, 11) is 0. The van der Waals surface area contributed by atoms with Gasteiger partial charge in [0.15, 0.2) is 0 Å². The number of carbonyl (C=O) groups is 2. The Morgan fingerprint density at radius 2 is 1.67 bits per heavy atom. The first-order chi connectivity index (χ1) is 9.40. The standard InChI is InChI=1S/C13H23F3N2O3/c1-8(2)5-6-9(3)18-10(19)7-17-12(4,11(20)21)13(14,15)16/h8-9,17H,5-7H2,1-4H3,(H,18,19)(H,20,21). The molecule has 3 N–H and O–H groups in total. The van der Waals surface area contributed by atoms with Gasteiger partial charge in [0.2, 0.25) is 11.4 Å². The van der Waals surface area contributed by atoms with Crippen LogP contribution in [0.4, 0.5) is 13.2 Å². The Morgan fingerprint density at radius 1 is 1.14 bits per heavy atom. The Balaban J connectivity index is 4.43. The van der Waals surface area contributed by atoms with Gasteiger partial charge in [-0.2, -0.15) is 13.2 Å². The maximum atomic E-state index is 12.7. The Labute approximate surface area is 122 Å². The molecular formula is C13H23F3N2O3. The van der Waals surface area contributed by atoms with Crippen LogP contribution < -0.4 is 10.6 Å². The van der Waals surface area contributed by atoms with Crippen LogP contribution in [0.2, 0.25) is 0 Å². The van der Waals surface area contributed by atoms with Crippen molar-refractivity contribution in [2.45, 2.75) is 58.3 Å². The van der Waals surface area contributed by atoms with E-state index in [2.05, 4.69) is 5.32 Å². The van der Waals surface area contributed by atoms with E-state index in [9.17, 15) is 22.8 Å². The second kappa shape index (κ2) is 7.63. The van der Waals surface area contributed by atoms with Crippen molar-refractivity contribution in [2.75, 3.05) is 6.54 Å². The SMILES string of the molecule is CC(C)CCC(C)NC(=O)CNC(C)(C(=O)O)C(F)(F)F. The topological polar surface area (TPSA) is 78.4 Å². The molecule has 0 aliphatic rings. The third-order valence-electron chi connectivity index (χ3n) is 3.18. The third kappa shape index (κ3) is 6.33. The van der Waals surface area contributed by atoms with Gasteiger partial charge in [-0.3, -0.25) is 10.1 Å². The zero-order valence-electron chi connectivity index (χ0n) is 12.7. The van der Waals surface area contributed by atoms with E-state index in [1.165, 1.54) is 0 Å². The molecule has 0 spiro atoms. The van der Waals surface area contributed by atoms with Crippen LogP contribution in [0.15, 0.2) is 0 Å². The summed E-state index contributed by atoms with van der Waals surface area (Å²) in [5, 5.41) is 13.0. The van der Waals surface area contributed by atoms with Gasteiger partial charge in [0.05, 0.1) is 6.54 Å². The smallest absolute Gasteiger partial charge is 0.417 e. The predicted octanol–water partition coefficient (Wildman–Crippen LogP) is 1.92. The van der Waals surface area contributed by atoms with Crippen LogP contribution in [0.3, 0.4) is 0 Å². The van der Waals surface area contributed by atoms with Gasteiger partial charge in [0, 0.05) is 6.04 Å². The summed E-state index contributed by atoms with van der Waals surface area (Å²) in [6.45, 7) is 5.58. The monoisotopic (exact) mass is 312 g/mol. The molecular weight excluding hydrogens is 289 g/mol. The fourth-order valence-corrected chi connectivity index (χ4v) is 1.54. The van der Waals surface area contributed by atoms with Crippen LogP contribution in [0.1, 0.15) is 40.5 Å². The molecule has 0 heterocycles. The molecule has 1 amide bonds. The highest BCUT2D eigenvalue weighted by molar-refractivity contribution is 5.82. The number of carboxylic acids is 1. The Bertz CT molecular complexity index is 372. The van der Waals surface area contributed by atoms with Crippen molar-refractivity contribution in [1.29, 1.82) is 0 Å². The highest BCUT2D eigenvalue weighted by Crippen LogP contribution is 2.30. The second-order valence-corrected chi connectivity index (χ2v) is 5.72. The summed E-state index contributed by atoms with van der Waals surface area (Å²) >= 11 is 0. The van der Waals surface area contributed by atoms with E-state index < -0.39 is 30.1 Å². The van der Waals surface area contributed by atoms with E-state index in [0.29, 0.717) is 19.3 Å². The lowest BCUT2D eigenvalue weighted by Gasteiger charge is -2.28. The van der Waals surface area contributed by atoms with Gasteiger partial charge in [-0.25, -0.2) is 4.79 Å². The zero-order valence-corrected chi connectivity index (χ0v) is 12.7. The van der Waals surface area contributed by atoms with Gasteiger partial charge in [-0.15, -0.1) is 0 Å². The number of hydrogen-bond acceptors (Lipinski definition) is 3. The minimum atomic E-state index is -5.00. The lowest BCUT2D eigenvalue weighted by atomic mass is 10.0. The van der Waals surface area contributed by atoms with E-state index in [4.69, 9.17) is 5.11 Å². The quantitative estimate of drug-likeness (QED) is 0.640. The van der Waals surface area contributed by atoms with Gasteiger partial charge in [0.1, 0.15) is 0 Å². The molecule has 2 unspecified atom stereocenters. The number of carboxylic acid groups (broad SMARTS) is 1. The Kier molecular flexibility index (Phi) is 7.15. The molecule has 0 rings (SSSR count). The highest BCUT2D eigenvalue weighted by Gasteiger charge is 2.57. The number of hydrogen-bond donors (Lipinski definition) is 3. The summed E-state index contributed by atoms with van der Waals surface area (Å²) in [5.74, 6) is -2.28. The van der Waals surface area contributed by atoms with Gasteiger partial charge < -0.3 is 10.4 Å². The first-order valence-corrected chi connectivity index (χ1v) is 6.74. The Hall–Kier alpha value is -1.31. The first kappa shape index (κ1) is 19.7. The Morgan fingerprint density at radius 3 is 2.05 bits per heavy atom. The molecule has 0 bridgehead atoms. The molecule has 0 aliphatic heterocycles. The minimum absolute atomic E-state index is 0.177. The maximum Gasteiger partial charge on any atom is 0.417 e. The largest absolute Gasteiger partial charge is 0.480 e. The number of aliphatic carboxylic acids is 1. The fourth-order valence-electron chi connectivity index (χ4n) is 1.54. The molecule has 0 saturated heterocycles. The van der Waals surface area contributed by atoms with Crippen LogP contribution in [0.25, 0.3) is 0 Å². The summed E-state index contributed by atoms with van der Waals surface area (Å²) in [6.07, 6.45) is -3.41. The average molecular weight is 312 g/mol. The fraction of sp³-hybridized carbons (Fsp3) is 0.846. The van der Waals surface area contributed by atoms with E-state index in [1.807, 2.05) is 13.8 Å². The summed E-state index contributed by atoms with van der Waals surface area (Å²) in [5.41, 5.74) is -3.15. The van der Waals surface area contributed by atoms with Crippen LogP contribution >= 0.6 is 0 Å². The van der Waals surface area contributed by atoms with E-state index >= 15 is 0 Å². The number of carbonyl (C=O) groups excluding carboxylic acids is 1. The van der Waals surface area contributed by atoms with E-state index in [0.717, 1.165) is 6.42 Å². The molecule has 0 fully saturated rings. The van der Waals surface area contributed by atoms with Crippen molar-refractivity contribution in [1.82, 2.24) is 10.6 Å². The van der Waals surface area contributed by atoms with Crippen molar-refractivity contribution >= 4 is 11.9 Å². The molecule has 0 aromatic rings. The number of nitrogens with one attached hydrogen (secondary N) is 2. The third-order valence-corrected chi connectivity index (χ3v) is 3.18. The maximum absolute atomic E-state index is 12.7. The number of amides is 1. The molecule has 124 valence electrons. The van der Waals surface area contributed by atoms with Gasteiger partial charge in [0.25, 0.3) is 0 Å². The average Bonchev–Trinajstić information content (AvgIpc) is 2.31. The number of rotatable bonds is 8. The summed E-state index contributed by atoms with van der Waals surface area (Å²) < 4.78 is 38.1. The summed E-state index contributed by atoms with van der Waals surface area (Å²) in [6, 6.07) is -0.177. The van der Waals surface area contributed by atoms with Crippen molar-refractivity contribution < 1.29 is 27.9 Å². The molecule has 0 aromatic heterocycles. The van der Waals surface area contributed by atoms with Gasteiger partial charge >= 0.3 is 12.1 Å². The second-order valence-electron chi connectivity index (χ2n) is 5.72. The van der Waals surface area contributed by atoms with Crippen LogP contribution in [0.5, 0.6) is 0 Å².